The normalized spacial score (nSPS) is 9.80. The van der Waals surface area contributed by atoms with Gasteiger partial charge in [-0.3, -0.25) is 0 Å². The van der Waals surface area contributed by atoms with Crippen molar-refractivity contribution in [2.75, 3.05) is 5.73 Å². The van der Waals surface area contributed by atoms with Crippen LogP contribution in [0.3, 0.4) is 0 Å². The Morgan fingerprint density at radius 2 is 2.07 bits per heavy atom. The summed E-state index contributed by atoms with van der Waals surface area (Å²) in [5.41, 5.74) is 7.39. The highest BCUT2D eigenvalue weighted by Gasteiger charge is 2.05. The van der Waals surface area contributed by atoms with Gasteiger partial charge in [0, 0.05) is 6.07 Å². The molecule has 0 atom stereocenters. The number of nitrogens with two attached hydrogens (primary N) is 1. The zero-order valence-electron chi connectivity index (χ0n) is 8.09. The van der Waals surface area contributed by atoms with E-state index in [1.807, 2.05) is 36.4 Å². The van der Waals surface area contributed by atoms with Crippen LogP contribution >= 0.6 is 0 Å². The van der Waals surface area contributed by atoms with Crippen LogP contribution in [0.2, 0.25) is 0 Å². The highest BCUT2D eigenvalue weighted by molar-refractivity contribution is 5.42. The van der Waals surface area contributed by atoms with Gasteiger partial charge in [-0.1, -0.05) is 18.2 Å². The summed E-state index contributed by atoms with van der Waals surface area (Å²) >= 11 is 0. The molecule has 74 valence electrons. The molecule has 2 rings (SSSR count). The van der Waals surface area contributed by atoms with Crippen molar-refractivity contribution in [3.05, 3.63) is 42.1 Å². The molecule has 4 nitrogen and oxygen atoms in total. The summed E-state index contributed by atoms with van der Waals surface area (Å²) in [7, 11) is 0. The van der Waals surface area contributed by atoms with Crippen LogP contribution in [0.25, 0.3) is 5.69 Å². The number of para-hydroxylation sites is 1. The molecule has 0 unspecified atom stereocenters. The number of hydrogen-bond acceptors (Lipinski definition) is 3. The topological polar surface area (TPSA) is 67.6 Å². The molecular formula is C11H10N4. The van der Waals surface area contributed by atoms with Gasteiger partial charge in [0.1, 0.15) is 5.82 Å². The van der Waals surface area contributed by atoms with Crippen molar-refractivity contribution in [2.45, 2.75) is 6.42 Å². The lowest BCUT2D eigenvalue weighted by Crippen LogP contribution is -2.01. The Hall–Kier alpha value is -2.28. The molecule has 0 aliphatic rings. The lowest BCUT2D eigenvalue weighted by atomic mass is 10.3. The number of nitrogens with zero attached hydrogens (tertiary/aromatic N) is 3. The number of aromatic nitrogens is 2. The van der Waals surface area contributed by atoms with Crippen molar-refractivity contribution < 1.29 is 0 Å². The van der Waals surface area contributed by atoms with Crippen LogP contribution in [0.1, 0.15) is 5.69 Å². The molecule has 0 aliphatic heterocycles. The van der Waals surface area contributed by atoms with Gasteiger partial charge in [-0.2, -0.15) is 10.4 Å². The lowest BCUT2D eigenvalue weighted by molar-refractivity contribution is 0.862. The number of nitrogen functional groups attached to an aromatic ring is 1. The minimum atomic E-state index is 0.282. The van der Waals surface area contributed by atoms with Crippen LogP contribution in [0.15, 0.2) is 36.4 Å². The average Bonchev–Trinajstić information content (AvgIpc) is 2.61. The van der Waals surface area contributed by atoms with Gasteiger partial charge in [0.15, 0.2) is 0 Å². The van der Waals surface area contributed by atoms with Crippen molar-refractivity contribution in [1.29, 1.82) is 5.26 Å². The van der Waals surface area contributed by atoms with Gasteiger partial charge in [0.25, 0.3) is 0 Å². The highest BCUT2D eigenvalue weighted by Crippen LogP contribution is 2.13. The predicted octanol–water partition coefficient (Wildman–Crippen LogP) is 1.52. The zero-order valence-corrected chi connectivity index (χ0v) is 8.09. The third kappa shape index (κ3) is 1.81. The van der Waals surface area contributed by atoms with E-state index >= 15 is 0 Å². The molecule has 0 spiro atoms. The van der Waals surface area contributed by atoms with Gasteiger partial charge in [-0.05, 0) is 12.1 Å². The van der Waals surface area contributed by atoms with E-state index in [1.54, 1.807) is 10.7 Å². The second kappa shape index (κ2) is 3.84. The van der Waals surface area contributed by atoms with Crippen LogP contribution in [0, 0.1) is 11.3 Å². The van der Waals surface area contributed by atoms with Crippen molar-refractivity contribution in [2.24, 2.45) is 0 Å². The monoisotopic (exact) mass is 198 g/mol. The van der Waals surface area contributed by atoms with E-state index in [4.69, 9.17) is 11.0 Å². The fraction of sp³-hybridized carbons (Fsp3) is 0.0909. The van der Waals surface area contributed by atoms with E-state index < -0.39 is 0 Å². The van der Waals surface area contributed by atoms with E-state index in [2.05, 4.69) is 5.10 Å². The van der Waals surface area contributed by atoms with E-state index in [0.717, 1.165) is 5.69 Å². The number of nitriles is 1. The maximum absolute atomic E-state index is 8.55. The first-order valence-corrected chi connectivity index (χ1v) is 4.58. The molecular weight excluding hydrogens is 188 g/mol. The lowest BCUT2D eigenvalue weighted by Gasteiger charge is -2.02. The van der Waals surface area contributed by atoms with Crippen LogP contribution < -0.4 is 5.73 Å². The van der Waals surface area contributed by atoms with E-state index in [-0.39, 0.29) is 6.42 Å². The van der Waals surface area contributed by atoms with Crippen LogP contribution in [-0.4, -0.2) is 9.78 Å². The van der Waals surface area contributed by atoms with Crippen molar-refractivity contribution in [3.63, 3.8) is 0 Å². The predicted molar refractivity (Wildman–Crippen MR) is 57.3 cm³/mol. The Balaban J connectivity index is 2.42. The van der Waals surface area contributed by atoms with E-state index in [1.165, 1.54) is 0 Å². The third-order valence-electron chi connectivity index (χ3n) is 2.05. The Kier molecular flexibility index (Phi) is 2.38. The molecule has 15 heavy (non-hydrogen) atoms. The molecule has 0 radical (unpaired) electrons. The summed E-state index contributed by atoms with van der Waals surface area (Å²) in [4.78, 5) is 0. The van der Waals surface area contributed by atoms with E-state index in [9.17, 15) is 0 Å². The first kappa shape index (κ1) is 9.28. The molecule has 0 bridgehead atoms. The molecule has 1 aromatic carbocycles. The summed E-state index contributed by atoms with van der Waals surface area (Å²) in [6, 6.07) is 13.4. The first-order valence-electron chi connectivity index (χ1n) is 4.58. The summed E-state index contributed by atoms with van der Waals surface area (Å²) in [6.07, 6.45) is 0.282. The van der Waals surface area contributed by atoms with Crippen molar-refractivity contribution in [3.8, 4) is 11.8 Å². The van der Waals surface area contributed by atoms with Gasteiger partial charge >= 0.3 is 0 Å². The summed E-state index contributed by atoms with van der Waals surface area (Å²) < 4.78 is 1.63. The first-order chi connectivity index (χ1) is 7.31. The largest absolute Gasteiger partial charge is 0.384 e. The summed E-state index contributed by atoms with van der Waals surface area (Å²) in [6.45, 7) is 0. The Morgan fingerprint density at radius 1 is 1.33 bits per heavy atom. The van der Waals surface area contributed by atoms with Gasteiger partial charge in [-0.25, -0.2) is 4.68 Å². The smallest absolute Gasteiger partial charge is 0.127 e. The fourth-order valence-electron chi connectivity index (χ4n) is 1.39. The molecule has 0 saturated carbocycles. The van der Waals surface area contributed by atoms with Gasteiger partial charge in [-0.15, -0.1) is 0 Å². The summed E-state index contributed by atoms with van der Waals surface area (Å²) in [5.74, 6) is 0.548. The number of hydrogen-bond donors (Lipinski definition) is 1. The number of benzene rings is 1. The van der Waals surface area contributed by atoms with Crippen molar-refractivity contribution >= 4 is 5.82 Å². The molecule has 0 fully saturated rings. The van der Waals surface area contributed by atoms with Crippen LogP contribution in [0.5, 0.6) is 0 Å². The highest BCUT2D eigenvalue weighted by atomic mass is 15.3. The van der Waals surface area contributed by atoms with Gasteiger partial charge in [0.2, 0.25) is 0 Å². The maximum atomic E-state index is 8.55. The zero-order chi connectivity index (χ0) is 10.7. The quantitative estimate of drug-likeness (QED) is 0.795. The minimum Gasteiger partial charge on any atom is -0.384 e. The maximum Gasteiger partial charge on any atom is 0.127 e. The Labute approximate surface area is 87.6 Å². The number of rotatable bonds is 2. The molecule has 0 amide bonds. The minimum absolute atomic E-state index is 0.282. The van der Waals surface area contributed by atoms with Crippen LogP contribution in [-0.2, 0) is 6.42 Å². The SMILES string of the molecule is N#CCc1cc(N)n(-c2ccccc2)n1. The second-order valence-electron chi connectivity index (χ2n) is 3.14. The summed E-state index contributed by atoms with van der Waals surface area (Å²) in [5, 5.41) is 12.8. The molecule has 4 heteroatoms. The molecule has 1 heterocycles. The second-order valence-corrected chi connectivity index (χ2v) is 3.14. The van der Waals surface area contributed by atoms with Gasteiger partial charge in [0.05, 0.1) is 23.9 Å². The van der Waals surface area contributed by atoms with Gasteiger partial charge < -0.3 is 5.73 Å². The van der Waals surface area contributed by atoms with E-state index in [0.29, 0.717) is 11.5 Å². The molecule has 0 aliphatic carbocycles. The Bertz CT molecular complexity index is 493. The average molecular weight is 198 g/mol. The third-order valence-corrected chi connectivity index (χ3v) is 2.05. The fourth-order valence-corrected chi connectivity index (χ4v) is 1.39. The van der Waals surface area contributed by atoms with Crippen molar-refractivity contribution in [1.82, 2.24) is 9.78 Å². The number of anilines is 1. The molecule has 1 aromatic heterocycles. The molecule has 0 saturated heterocycles. The molecule has 2 N–H and O–H groups in total. The van der Waals surface area contributed by atoms with Crippen LogP contribution in [0.4, 0.5) is 5.82 Å². The Morgan fingerprint density at radius 3 is 2.73 bits per heavy atom. The molecule has 2 aromatic rings. The standard InChI is InChI=1S/C11H10N4/c12-7-6-9-8-11(13)15(14-9)10-4-2-1-3-5-10/h1-5,8H,6,13H2.